The van der Waals surface area contributed by atoms with Gasteiger partial charge in [0.2, 0.25) is 0 Å². The summed E-state index contributed by atoms with van der Waals surface area (Å²) in [5, 5.41) is 13.3. The molecule has 25 heavy (non-hydrogen) atoms. The fourth-order valence-electron chi connectivity index (χ4n) is 2.59. The molecule has 3 aromatic rings. The van der Waals surface area contributed by atoms with Crippen molar-refractivity contribution in [2.45, 2.75) is 18.9 Å². The number of fused-ring (bicyclic) bond motifs is 1. The van der Waals surface area contributed by atoms with Crippen LogP contribution in [0.2, 0.25) is 0 Å². The van der Waals surface area contributed by atoms with Crippen LogP contribution in [0, 0.1) is 6.07 Å². The van der Waals surface area contributed by atoms with Gasteiger partial charge in [0.25, 0.3) is 5.97 Å². The maximum atomic E-state index is 10.1. The number of aliphatic carboxylic acids is 1. The van der Waals surface area contributed by atoms with E-state index < -0.39 is 12.0 Å². The molecule has 0 spiro atoms. The Morgan fingerprint density at radius 2 is 1.92 bits per heavy atom. The molecule has 1 unspecified atom stereocenters. The van der Waals surface area contributed by atoms with Gasteiger partial charge in [-0.15, -0.1) is 42.4 Å². The standard InChI is InChI=1S/C15H10N.C5H8NO2.Ir/c1-2-6-12(7-3-1)15-11-10-13-8-4-5-9-14(13)16-15;7-5(8)4-2-1-3-6-4;/h1-6,8-11H;4H,1-3H2,(H,7,8);/q2*-1;. The van der Waals surface area contributed by atoms with Crippen molar-refractivity contribution >= 4 is 16.9 Å². The fraction of sp³-hybridized carbons (Fsp3) is 0.200. The second-order valence-corrected chi connectivity index (χ2v) is 5.57. The summed E-state index contributed by atoms with van der Waals surface area (Å²) in [6.07, 6.45) is 1.67. The molecule has 0 amide bonds. The Kier molecular flexibility index (Phi) is 7.26. The normalized spacial score (nSPS) is 15.8. The topological polar surface area (TPSA) is 64.3 Å². The molecule has 4 nitrogen and oxygen atoms in total. The third-order valence-electron chi connectivity index (χ3n) is 3.85. The van der Waals surface area contributed by atoms with Crippen LogP contribution in [-0.4, -0.2) is 28.6 Å². The van der Waals surface area contributed by atoms with Gasteiger partial charge in [-0.2, -0.15) is 0 Å². The third kappa shape index (κ3) is 5.20. The first kappa shape index (κ1) is 19.3. The molecule has 1 aromatic heterocycles. The average molecular weight is 511 g/mol. The van der Waals surface area contributed by atoms with E-state index >= 15 is 0 Å². The van der Waals surface area contributed by atoms with Gasteiger partial charge in [0.1, 0.15) is 0 Å². The molecule has 1 radical (unpaired) electrons. The zero-order valence-electron chi connectivity index (χ0n) is 13.6. The van der Waals surface area contributed by atoms with Gasteiger partial charge in [0.05, 0.1) is 5.52 Å². The van der Waals surface area contributed by atoms with Crippen molar-refractivity contribution in [3.63, 3.8) is 0 Å². The number of aromatic nitrogens is 1. The number of carboxylic acids is 1. The van der Waals surface area contributed by atoms with Gasteiger partial charge < -0.3 is 10.4 Å². The second kappa shape index (κ2) is 9.42. The van der Waals surface area contributed by atoms with Crippen molar-refractivity contribution in [3.05, 3.63) is 72.0 Å². The van der Waals surface area contributed by atoms with E-state index in [1.807, 2.05) is 48.5 Å². The molecular weight excluding hydrogens is 492 g/mol. The van der Waals surface area contributed by atoms with E-state index in [2.05, 4.69) is 28.5 Å². The maximum absolute atomic E-state index is 10.1. The van der Waals surface area contributed by atoms with E-state index in [0.717, 1.165) is 36.2 Å². The minimum atomic E-state index is -0.775. The molecule has 2 heterocycles. The molecule has 0 aliphatic carbocycles. The SMILES string of the molecule is O=C(O)C1CCC[N-]1.[Ir].[c-]1ccccc1-c1ccc2ccccc2n1. The number of carbonyl (C=O) groups is 1. The van der Waals surface area contributed by atoms with Crippen LogP contribution in [0.25, 0.3) is 27.5 Å². The largest absolute Gasteiger partial charge is 0.650 e. The quantitative estimate of drug-likeness (QED) is 0.523. The summed E-state index contributed by atoms with van der Waals surface area (Å²) in [4.78, 5) is 14.7. The number of carboxylic acid groups (broad SMARTS) is 1. The number of hydrogen-bond acceptors (Lipinski definition) is 2. The monoisotopic (exact) mass is 511 g/mol. The van der Waals surface area contributed by atoms with Crippen LogP contribution in [-0.2, 0) is 24.9 Å². The molecule has 0 saturated carbocycles. The number of nitrogens with zero attached hydrogens (tertiary/aromatic N) is 2. The van der Waals surface area contributed by atoms with Crippen LogP contribution in [0.4, 0.5) is 0 Å². The minimum absolute atomic E-state index is 0. The molecule has 131 valence electrons. The van der Waals surface area contributed by atoms with Gasteiger partial charge in [-0.05, 0) is 23.2 Å². The molecule has 1 aliphatic heterocycles. The van der Waals surface area contributed by atoms with E-state index in [9.17, 15) is 4.79 Å². The van der Waals surface area contributed by atoms with E-state index in [-0.39, 0.29) is 20.1 Å². The van der Waals surface area contributed by atoms with Crippen LogP contribution in [0.3, 0.4) is 0 Å². The molecule has 5 heteroatoms. The first-order valence-electron chi connectivity index (χ1n) is 7.96. The Hall–Kier alpha value is -2.07. The van der Waals surface area contributed by atoms with Gasteiger partial charge in [0.15, 0.2) is 0 Å². The van der Waals surface area contributed by atoms with Crippen LogP contribution in [0.15, 0.2) is 60.7 Å². The minimum Gasteiger partial charge on any atom is -0.650 e. The molecule has 4 rings (SSSR count). The van der Waals surface area contributed by atoms with E-state index in [1.165, 1.54) is 5.39 Å². The van der Waals surface area contributed by atoms with E-state index in [4.69, 9.17) is 5.11 Å². The summed E-state index contributed by atoms with van der Waals surface area (Å²) in [6, 6.07) is 23.0. The Balaban J connectivity index is 0.000000214. The van der Waals surface area contributed by atoms with Crippen molar-refractivity contribution in [3.8, 4) is 11.3 Å². The van der Waals surface area contributed by atoms with Gasteiger partial charge in [-0.3, -0.25) is 9.78 Å². The van der Waals surface area contributed by atoms with Crippen molar-refractivity contribution in [2.75, 3.05) is 6.54 Å². The maximum Gasteiger partial charge on any atom is 0.285 e. The average Bonchev–Trinajstić information content (AvgIpc) is 3.18. The summed E-state index contributed by atoms with van der Waals surface area (Å²) >= 11 is 0. The zero-order chi connectivity index (χ0) is 16.8. The third-order valence-corrected chi connectivity index (χ3v) is 3.85. The van der Waals surface area contributed by atoms with E-state index in [1.54, 1.807) is 0 Å². The van der Waals surface area contributed by atoms with Gasteiger partial charge in [-0.25, -0.2) is 0 Å². The Labute approximate surface area is 160 Å². The number of rotatable bonds is 2. The van der Waals surface area contributed by atoms with Crippen molar-refractivity contribution < 1.29 is 30.0 Å². The van der Waals surface area contributed by atoms with Crippen molar-refractivity contribution in [1.29, 1.82) is 0 Å². The predicted molar refractivity (Wildman–Crippen MR) is 94.9 cm³/mol. The summed E-state index contributed by atoms with van der Waals surface area (Å²) in [7, 11) is 0. The van der Waals surface area contributed by atoms with Crippen LogP contribution >= 0.6 is 0 Å². The smallest absolute Gasteiger partial charge is 0.285 e. The molecule has 1 fully saturated rings. The first-order chi connectivity index (χ1) is 11.7. The molecule has 1 aliphatic rings. The van der Waals surface area contributed by atoms with Crippen molar-refractivity contribution in [2.24, 2.45) is 0 Å². The molecule has 1 atom stereocenters. The molecule has 0 bridgehead atoms. The Bertz CT molecular complexity index is 818. The van der Waals surface area contributed by atoms with Gasteiger partial charge >= 0.3 is 0 Å². The summed E-state index contributed by atoms with van der Waals surface area (Å²) in [5.74, 6) is -0.775. The number of benzene rings is 2. The summed E-state index contributed by atoms with van der Waals surface area (Å²) in [5.41, 5.74) is 3.03. The number of hydrogen-bond donors (Lipinski definition) is 1. The summed E-state index contributed by atoms with van der Waals surface area (Å²) in [6.45, 7) is 0.733. The summed E-state index contributed by atoms with van der Waals surface area (Å²) < 4.78 is 0. The van der Waals surface area contributed by atoms with Crippen molar-refractivity contribution in [1.82, 2.24) is 4.98 Å². The molecular formula is C20H18IrN2O2-2. The Morgan fingerprint density at radius 1 is 1.12 bits per heavy atom. The van der Waals surface area contributed by atoms with Crippen LogP contribution in [0.1, 0.15) is 12.8 Å². The molecule has 2 aromatic carbocycles. The number of pyridine rings is 1. The first-order valence-corrected chi connectivity index (χ1v) is 7.96. The zero-order valence-corrected chi connectivity index (χ0v) is 16.0. The van der Waals surface area contributed by atoms with Crippen LogP contribution in [0.5, 0.6) is 0 Å². The Morgan fingerprint density at radius 3 is 2.56 bits per heavy atom. The molecule has 1 saturated heterocycles. The van der Waals surface area contributed by atoms with E-state index in [0.29, 0.717) is 0 Å². The van der Waals surface area contributed by atoms with Gasteiger partial charge in [-0.1, -0.05) is 43.2 Å². The molecule has 1 N–H and O–H groups in total. The van der Waals surface area contributed by atoms with Gasteiger partial charge in [0, 0.05) is 20.1 Å². The second-order valence-electron chi connectivity index (χ2n) is 5.57. The van der Waals surface area contributed by atoms with Crippen LogP contribution < -0.4 is 0 Å². The predicted octanol–water partition coefficient (Wildman–Crippen LogP) is 4.31. The number of para-hydroxylation sites is 1. The fourth-order valence-corrected chi connectivity index (χ4v) is 2.59.